The van der Waals surface area contributed by atoms with Crippen molar-refractivity contribution < 1.29 is 22.6 Å². The van der Waals surface area contributed by atoms with Crippen molar-refractivity contribution in [1.82, 2.24) is 14.9 Å². The van der Waals surface area contributed by atoms with Gasteiger partial charge in [-0.2, -0.15) is 4.98 Å². The van der Waals surface area contributed by atoms with E-state index in [4.69, 9.17) is 9.72 Å². The molecule has 0 aliphatic carbocycles. The number of alkyl halides is 3. The summed E-state index contributed by atoms with van der Waals surface area (Å²) in [6.45, 7) is 5.52. The lowest BCUT2D eigenvalue weighted by molar-refractivity contribution is -0.274. The van der Waals surface area contributed by atoms with Gasteiger partial charge in [-0.15, -0.1) is 13.2 Å². The van der Waals surface area contributed by atoms with E-state index in [-0.39, 0.29) is 5.75 Å². The van der Waals surface area contributed by atoms with Crippen molar-refractivity contribution >= 4 is 11.8 Å². The number of piperidine rings is 1. The summed E-state index contributed by atoms with van der Waals surface area (Å²) in [6, 6.07) is 8.43. The van der Waals surface area contributed by atoms with Crippen LogP contribution in [0.15, 0.2) is 36.5 Å². The predicted molar refractivity (Wildman–Crippen MR) is 115 cm³/mol. The molecule has 0 spiro atoms. The lowest BCUT2D eigenvalue weighted by Gasteiger charge is -2.37. The van der Waals surface area contributed by atoms with Gasteiger partial charge in [0.1, 0.15) is 11.6 Å². The van der Waals surface area contributed by atoms with Gasteiger partial charge in [0.2, 0.25) is 5.95 Å². The van der Waals surface area contributed by atoms with Gasteiger partial charge in [-0.3, -0.25) is 4.90 Å². The van der Waals surface area contributed by atoms with Crippen LogP contribution < -0.4 is 14.5 Å². The number of nitrogens with zero attached hydrogens (tertiary/aromatic N) is 5. The molecule has 0 N–H and O–H groups in total. The Hall–Kier alpha value is -2.59. The molecule has 4 rings (SSSR count). The maximum atomic E-state index is 12.3. The number of morpholine rings is 1. The Morgan fingerprint density at radius 3 is 2.41 bits per heavy atom. The van der Waals surface area contributed by atoms with Gasteiger partial charge in [0.05, 0.1) is 13.2 Å². The first-order valence-electron chi connectivity index (χ1n) is 10.8. The highest BCUT2D eigenvalue weighted by Gasteiger charge is 2.31. The Morgan fingerprint density at radius 1 is 1.06 bits per heavy atom. The molecule has 0 unspecified atom stereocenters. The van der Waals surface area contributed by atoms with E-state index in [1.807, 2.05) is 12.3 Å². The molecule has 0 atom stereocenters. The third kappa shape index (κ3) is 6.01. The molecule has 3 heterocycles. The van der Waals surface area contributed by atoms with Crippen LogP contribution in [0, 0.1) is 0 Å². The normalized spacial score (nSPS) is 18.6. The first kappa shape index (κ1) is 22.6. The molecule has 2 fully saturated rings. The van der Waals surface area contributed by atoms with Crippen LogP contribution in [0.1, 0.15) is 18.4 Å². The first-order valence-corrected chi connectivity index (χ1v) is 10.8. The van der Waals surface area contributed by atoms with E-state index in [0.717, 1.165) is 56.4 Å². The minimum absolute atomic E-state index is 0.192. The molecule has 1 aromatic heterocycles. The number of benzene rings is 1. The van der Waals surface area contributed by atoms with Gasteiger partial charge in [-0.05, 0) is 36.6 Å². The van der Waals surface area contributed by atoms with Gasteiger partial charge in [0, 0.05) is 52.0 Å². The Kier molecular flexibility index (Phi) is 7.00. The average molecular weight is 451 g/mol. The highest BCUT2D eigenvalue weighted by atomic mass is 19.4. The summed E-state index contributed by atoms with van der Waals surface area (Å²) in [6.07, 6.45) is -0.877. The number of rotatable bonds is 6. The minimum Gasteiger partial charge on any atom is -0.406 e. The third-order valence-corrected chi connectivity index (χ3v) is 5.95. The van der Waals surface area contributed by atoms with Crippen molar-refractivity contribution in [3.05, 3.63) is 42.1 Å². The van der Waals surface area contributed by atoms with Crippen molar-refractivity contribution in [3.8, 4) is 5.75 Å². The zero-order chi connectivity index (χ0) is 22.6. The second-order valence-electron chi connectivity index (χ2n) is 8.12. The number of halogens is 3. The molecule has 7 nitrogen and oxygen atoms in total. The lowest BCUT2D eigenvalue weighted by atomic mass is 10.0. The molecule has 32 heavy (non-hydrogen) atoms. The van der Waals surface area contributed by atoms with Gasteiger partial charge in [-0.25, -0.2) is 4.98 Å². The summed E-state index contributed by atoms with van der Waals surface area (Å²) in [5.74, 6) is 1.47. The topological polar surface area (TPSA) is 54.0 Å². The molecule has 0 bridgehead atoms. The number of anilines is 2. The van der Waals surface area contributed by atoms with Gasteiger partial charge < -0.3 is 19.3 Å². The number of ether oxygens (including phenoxy) is 2. The number of hydrogen-bond acceptors (Lipinski definition) is 7. The Bertz CT molecular complexity index is 867. The Labute approximate surface area is 185 Å². The van der Waals surface area contributed by atoms with Crippen molar-refractivity contribution in [1.29, 1.82) is 0 Å². The van der Waals surface area contributed by atoms with Crippen LogP contribution in [0.4, 0.5) is 24.9 Å². The van der Waals surface area contributed by atoms with Gasteiger partial charge in [0.15, 0.2) is 0 Å². The zero-order valence-electron chi connectivity index (χ0n) is 18.1. The van der Waals surface area contributed by atoms with E-state index >= 15 is 0 Å². The average Bonchev–Trinajstić information content (AvgIpc) is 2.80. The van der Waals surface area contributed by atoms with E-state index < -0.39 is 6.36 Å². The number of likely N-dealkylation sites (tertiary alicyclic amines) is 1. The molecule has 2 aliphatic rings. The zero-order valence-corrected chi connectivity index (χ0v) is 18.1. The van der Waals surface area contributed by atoms with E-state index in [1.54, 1.807) is 12.1 Å². The van der Waals surface area contributed by atoms with E-state index in [9.17, 15) is 13.2 Å². The summed E-state index contributed by atoms with van der Waals surface area (Å²) in [5, 5.41) is 0. The molecule has 2 aromatic rings. The van der Waals surface area contributed by atoms with Crippen molar-refractivity contribution in [2.75, 3.05) is 56.2 Å². The van der Waals surface area contributed by atoms with Crippen molar-refractivity contribution in [3.63, 3.8) is 0 Å². The summed E-state index contributed by atoms with van der Waals surface area (Å²) in [4.78, 5) is 15.9. The summed E-state index contributed by atoms with van der Waals surface area (Å²) < 4.78 is 46.3. The Morgan fingerprint density at radius 2 is 1.75 bits per heavy atom. The maximum Gasteiger partial charge on any atom is 0.573 e. The highest BCUT2D eigenvalue weighted by Crippen LogP contribution is 2.25. The molecule has 1 aromatic carbocycles. The molecule has 0 radical (unpaired) electrons. The van der Waals surface area contributed by atoms with Crippen LogP contribution >= 0.6 is 0 Å². The largest absolute Gasteiger partial charge is 0.573 e. The predicted octanol–water partition coefficient (Wildman–Crippen LogP) is 3.31. The number of hydrogen-bond donors (Lipinski definition) is 0. The van der Waals surface area contributed by atoms with Crippen molar-refractivity contribution in [2.24, 2.45) is 0 Å². The summed E-state index contributed by atoms with van der Waals surface area (Å²) >= 11 is 0. The third-order valence-electron chi connectivity index (χ3n) is 5.95. The van der Waals surface area contributed by atoms with Crippen LogP contribution in [0.2, 0.25) is 0 Å². The fourth-order valence-electron chi connectivity index (χ4n) is 4.16. The maximum absolute atomic E-state index is 12.3. The lowest BCUT2D eigenvalue weighted by Crippen LogP contribution is -2.43. The minimum atomic E-state index is -4.66. The molecular weight excluding hydrogens is 423 g/mol. The molecule has 2 saturated heterocycles. The smallest absolute Gasteiger partial charge is 0.406 e. The van der Waals surface area contributed by atoms with Crippen molar-refractivity contribution in [2.45, 2.75) is 31.8 Å². The molecule has 174 valence electrons. The molecule has 0 amide bonds. The molecular formula is C22H28F3N5O2. The fourth-order valence-corrected chi connectivity index (χ4v) is 4.16. The van der Waals surface area contributed by atoms with Crippen LogP contribution in [0.3, 0.4) is 0 Å². The van der Waals surface area contributed by atoms with Gasteiger partial charge in [-0.1, -0.05) is 12.1 Å². The molecule has 0 saturated carbocycles. The molecule has 10 heteroatoms. The standard InChI is InChI=1S/C22H28F3N5O2/c1-28(20-6-9-26-21(27-20)30-12-14-31-15-13-30)18-7-10-29(11-8-18)16-17-2-4-19(5-3-17)32-22(23,24)25/h2-6,9,18H,7-8,10-16H2,1H3. The number of aromatic nitrogens is 2. The fraction of sp³-hybridized carbons (Fsp3) is 0.545. The van der Waals surface area contributed by atoms with E-state index in [2.05, 4.69) is 31.5 Å². The second-order valence-corrected chi connectivity index (χ2v) is 8.12. The Balaban J connectivity index is 1.29. The highest BCUT2D eigenvalue weighted by molar-refractivity contribution is 5.44. The van der Waals surface area contributed by atoms with E-state index in [0.29, 0.717) is 25.8 Å². The van der Waals surface area contributed by atoms with Crippen LogP contribution in [-0.4, -0.2) is 73.7 Å². The summed E-state index contributed by atoms with van der Waals surface area (Å²) in [5.41, 5.74) is 0.970. The second kappa shape index (κ2) is 9.91. The van der Waals surface area contributed by atoms with Gasteiger partial charge >= 0.3 is 6.36 Å². The van der Waals surface area contributed by atoms with Crippen LogP contribution in [0.25, 0.3) is 0 Å². The van der Waals surface area contributed by atoms with Crippen LogP contribution in [0.5, 0.6) is 5.75 Å². The monoisotopic (exact) mass is 451 g/mol. The first-order chi connectivity index (χ1) is 15.4. The quantitative estimate of drug-likeness (QED) is 0.668. The SMILES string of the molecule is CN(c1ccnc(N2CCOCC2)n1)C1CCN(Cc2ccc(OC(F)(F)F)cc2)CC1. The van der Waals surface area contributed by atoms with Gasteiger partial charge in [0.25, 0.3) is 0 Å². The summed E-state index contributed by atoms with van der Waals surface area (Å²) in [7, 11) is 2.07. The van der Waals surface area contributed by atoms with Crippen LogP contribution in [-0.2, 0) is 11.3 Å². The molecule has 2 aliphatic heterocycles. The van der Waals surface area contributed by atoms with E-state index in [1.165, 1.54) is 12.1 Å².